The molecule has 0 amide bonds. The van der Waals surface area contributed by atoms with Gasteiger partial charge in [0, 0.05) is 12.3 Å². The number of rotatable bonds is 4. The van der Waals surface area contributed by atoms with Gasteiger partial charge in [-0.05, 0) is 38.1 Å². The van der Waals surface area contributed by atoms with Gasteiger partial charge in [0.05, 0.1) is 5.25 Å². The molecule has 1 N–H and O–H groups in total. The van der Waals surface area contributed by atoms with Gasteiger partial charge < -0.3 is 5.32 Å². The third-order valence-electron chi connectivity index (χ3n) is 3.83. The number of sulfone groups is 1. The van der Waals surface area contributed by atoms with Gasteiger partial charge in [-0.3, -0.25) is 0 Å². The third-order valence-corrected chi connectivity index (χ3v) is 5.47. The van der Waals surface area contributed by atoms with Crippen LogP contribution in [0.3, 0.4) is 0 Å². The number of hydrogen-bond acceptors (Lipinski definition) is 3. The van der Waals surface area contributed by atoms with Crippen molar-refractivity contribution in [3.8, 4) is 0 Å². The lowest BCUT2D eigenvalue weighted by molar-refractivity contribution is 0.234. The van der Waals surface area contributed by atoms with Crippen LogP contribution in [0, 0.1) is 11.8 Å². The van der Waals surface area contributed by atoms with Gasteiger partial charge in [0.1, 0.15) is 9.84 Å². The minimum Gasteiger partial charge on any atom is -0.316 e. The highest BCUT2D eigenvalue weighted by Gasteiger charge is 2.33. The van der Waals surface area contributed by atoms with Gasteiger partial charge in [-0.2, -0.15) is 0 Å². The van der Waals surface area contributed by atoms with Crippen LogP contribution in [0.25, 0.3) is 0 Å². The fourth-order valence-corrected chi connectivity index (χ4v) is 4.20. The highest BCUT2D eigenvalue weighted by Crippen LogP contribution is 2.32. The molecule has 0 heterocycles. The van der Waals surface area contributed by atoms with E-state index in [1.807, 2.05) is 7.05 Å². The summed E-state index contributed by atoms with van der Waals surface area (Å²) in [5.74, 6) is 1.08. The molecule has 0 aromatic carbocycles. The largest absolute Gasteiger partial charge is 0.316 e. The molecule has 16 heavy (non-hydrogen) atoms. The second-order valence-electron chi connectivity index (χ2n) is 5.44. The van der Waals surface area contributed by atoms with Crippen molar-refractivity contribution in [2.24, 2.45) is 11.8 Å². The second kappa shape index (κ2) is 5.50. The van der Waals surface area contributed by atoms with Crippen molar-refractivity contribution in [1.82, 2.24) is 5.32 Å². The molecule has 0 aromatic heterocycles. The first-order valence-corrected chi connectivity index (χ1v) is 8.17. The zero-order valence-electron chi connectivity index (χ0n) is 10.9. The highest BCUT2D eigenvalue weighted by atomic mass is 32.2. The molecule has 3 unspecified atom stereocenters. The first-order chi connectivity index (χ1) is 7.36. The fraction of sp³-hybridized carbons (Fsp3) is 1.00. The molecule has 1 fully saturated rings. The molecule has 0 aromatic rings. The summed E-state index contributed by atoms with van der Waals surface area (Å²) in [6, 6.07) is 0.449. The molecule has 0 bridgehead atoms. The molecule has 0 spiro atoms. The maximum Gasteiger partial charge on any atom is 0.150 e. The van der Waals surface area contributed by atoms with Gasteiger partial charge in [-0.15, -0.1) is 0 Å². The Morgan fingerprint density at radius 1 is 1.25 bits per heavy atom. The van der Waals surface area contributed by atoms with Crippen LogP contribution in [-0.2, 0) is 9.84 Å². The van der Waals surface area contributed by atoms with E-state index in [1.54, 1.807) is 0 Å². The van der Waals surface area contributed by atoms with Gasteiger partial charge >= 0.3 is 0 Å². The molecule has 1 rings (SSSR count). The van der Waals surface area contributed by atoms with Crippen molar-refractivity contribution >= 4 is 9.84 Å². The summed E-state index contributed by atoms with van der Waals surface area (Å²) in [6.45, 7) is 4.40. The quantitative estimate of drug-likeness (QED) is 0.824. The molecular formula is C12H25NO2S. The Bertz CT molecular complexity index is 311. The van der Waals surface area contributed by atoms with Crippen LogP contribution < -0.4 is 5.32 Å². The average Bonchev–Trinajstić information content (AvgIpc) is 2.17. The van der Waals surface area contributed by atoms with Crippen LogP contribution in [-0.4, -0.2) is 33.0 Å². The predicted octanol–water partition coefficient (Wildman–Crippen LogP) is 1.83. The monoisotopic (exact) mass is 247 g/mol. The minimum atomic E-state index is -2.85. The molecule has 3 atom stereocenters. The van der Waals surface area contributed by atoms with Crippen molar-refractivity contribution in [1.29, 1.82) is 0 Å². The molecule has 0 aliphatic heterocycles. The van der Waals surface area contributed by atoms with E-state index >= 15 is 0 Å². The van der Waals surface area contributed by atoms with Gasteiger partial charge in [0.15, 0.2) is 0 Å². The number of hydrogen-bond donors (Lipinski definition) is 1. The van der Waals surface area contributed by atoms with Crippen molar-refractivity contribution in [2.45, 2.75) is 50.8 Å². The maximum atomic E-state index is 11.6. The van der Waals surface area contributed by atoms with E-state index in [2.05, 4.69) is 19.2 Å². The lowest BCUT2D eigenvalue weighted by Crippen LogP contribution is -2.42. The maximum absolute atomic E-state index is 11.6. The molecule has 3 nitrogen and oxygen atoms in total. The lowest BCUT2D eigenvalue weighted by atomic mass is 9.79. The Labute approximate surface area is 99.9 Å². The van der Waals surface area contributed by atoms with Crippen molar-refractivity contribution in [3.63, 3.8) is 0 Å². The smallest absolute Gasteiger partial charge is 0.150 e. The van der Waals surface area contributed by atoms with Gasteiger partial charge in [0.25, 0.3) is 0 Å². The first-order valence-electron chi connectivity index (χ1n) is 6.22. The first kappa shape index (κ1) is 14.0. The summed E-state index contributed by atoms with van der Waals surface area (Å²) in [4.78, 5) is 0. The lowest BCUT2D eigenvalue weighted by Gasteiger charge is -2.35. The van der Waals surface area contributed by atoms with Crippen LogP contribution in [0.5, 0.6) is 0 Å². The van der Waals surface area contributed by atoms with E-state index < -0.39 is 9.84 Å². The van der Waals surface area contributed by atoms with E-state index in [1.165, 1.54) is 6.26 Å². The van der Waals surface area contributed by atoms with E-state index in [9.17, 15) is 8.42 Å². The van der Waals surface area contributed by atoms with Crippen LogP contribution in [0.4, 0.5) is 0 Å². The standard InChI is InChI=1S/C12H25NO2S/c1-9(2)12(13-3)10-6-5-7-11(8-10)16(4,14)15/h9-13H,5-8H2,1-4H3. The Balaban J connectivity index is 2.70. The Morgan fingerprint density at radius 3 is 2.31 bits per heavy atom. The second-order valence-corrected chi connectivity index (χ2v) is 7.76. The molecule has 1 saturated carbocycles. The van der Waals surface area contributed by atoms with Crippen molar-refractivity contribution < 1.29 is 8.42 Å². The SMILES string of the molecule is CNC(C(C)C)C1CCCC(S(C)(=O)=O)C1. The van der Waals surface area contributed by atoms with E-state index in [0.29, 0.717) is 17.9 Å². The van der Waals surface area contributed by atoms with Crippen LogP contribution in [0.2, 0.25) is 0 Å². The van der Waals surface area contributed by atoms with Crippen LogP contribution in [0.1, 0.15) is 39.5 Å². The Morgan fingerprint density at radius 2 is 1.88 bits per heavy atom. The fourth-order valence-electron chi connectivity index (χ4n) is 3.01. The van der Waals surface area contributed by atoms with Crippen LogP contribution >= 0.6 is 0 Å². The topological polar surface area (TPSA) is 46.2 Å². The molecule has 0 radical (unpaired) electrons. The Hall–Kier alpha value is -0.0900. The molecule has 1 aliphatic rings. The minimum absolute atomic E-state index is 0.110. The van der Waals surface area contributed by atoms with E-state index in [4.69, 9.17) is 0 Å². The summed E-state index contributed by atoms with van der Waals surface area (Å²) in [5, 5.41) is 3.24. The molecule has 96 valence electrons. The average molecular weight is 247 g/mol. The molecular weight excluding hydrogens is 222 g/mol. The summed E-state index contributed by atoms with van der Waals surface area (Å²) in [5.41, 5.74) is 0. The zero-order valence-corrected chi connectivity index (χ0v) is 11.7. The molecule has 4 heteroatoms. The molecule has 0 saturated heterocycles. The van der Waals surface area contributed by atoms with E-state index in [-0.39, 0.29) is 5.25 Å². The summed E-state index contributed by atoms with van der Waals surface area (Å²) in [6.07, 6.45) is 5.28. The van der Waals surface area contributed by atoms with Crippen molar-refractivity contribution in [2.75, 3.05) is 13.3 Å². The zero-order chi connectivity index (χ0) is 12.3. The van der Waals surface area contributed by atoms with Gasteiger partial charge in [-0.1, -0.05) is 20.3 Å². The van der Waals surface area contributed by atoms with Gasteiger partial charge in [0.2, 0.25) is 0 Å². The third kappa shape index (κ3) is 3.45. The number of nitrogens with one attached hydrogen (secondary N) is 1. The van der Waals surface area contributed by atoms with E-state index in [0.717, 1.165) is 25.7 Å². The summed E-state index contributed by atoms with van der Waals surface area (Å²) >= 11 is 0. The summed E-state index contributed by atoms with van der Waals surface area (Å²) < 4.78 is 23.2. The summed E-state index contributed by atoms with van der Waals surface area (Å²) in [7, 11) is -0.873. The van der Waals surface area contributed by atoms with Crippen LogP contribution in [0.15, 0.2) is 0 Å². The highest BCUT2D eigenvalue weighted by molar-refractivity contribution is 7.91. The Kier molecular flexibility index (Phi) is 4.80. The van der Waals surface area contributed by atoms with Gasteiger partial charge in [-0.25, -0.2) is 8.42 Å². The normalized spacial score (nSPS) is 29.3. The predicted molar refractivity (Wildman–Crippen MR) is 68.3 cm³/mol. The van der Waals surface area contributed by atoms with Crippen molar-refractivity contribution in [3.05, 3.63) is 0 Å². The molecule has 1 aliphatic carbocycles.